The number of ether oxygens (including phenoxy) is 1. The molecule has 6 nitrogen and oxygen atoms in total. The van der Waals surface area contributed by atoms with Crippen LogP contribution < -0.4 is 10.6 Å². The summed E-state index contributed by atoms with van der Waals surface area (Å²) < 4.78 is 4.76. The smallest absolute Gasteiger partial charge is 0.307 e. The number of carbonyl (C=O) groups is 2. The lowest BCUT2D eigenvalue weighted by Gasteiger charge is -2.05. The molecule has 2 N–H and O–H groups in total. The van der Waals surface area contributed by atoms with E-state index in [9.17, 15) is 9.59 Å². The molecule has 0 fully saturated rings. The zero-order chi connectivity index (χ0) is 16.4. The van der Waals surface area contributed by atoms with E-state index in [1.165, 1.54) is 6.20 Å². The van der Waals surface area contributed by atoms with Gasteiger partial charge in [0.15, 0.2) is 0 Å². The minimum absolute atomic E-state index is 0.108. The highest BCUT2D eigenvalue weighted by atomic mass is 35.5. The summed E-state index contributed by atoms with van der Waals surface area (Å²) in [7, 11) is 0. The number of hydrogen-bond donors (Lipinski definition) is 2. The van der Waals surface area contributed by atoms with Gasteiger partial charge >= 0.3 is 5.97 Å². The first-order valence-electron chi connectivity index (χ1n) is 6.63. The summed E-state index contributed by atoms with van der Waals surface area (Å²) in [5.41, 5.74) is 0.383. The van der Waals surface area contributed by atoms with Crippen LogP contribution in [0, 0.1) is 11.3 Å². The van der Waals surface area contributed by atoms with Crippen LogP contribution in [-0.4, -0.2) is 25.0 Å². The van der Waals surface area contributed by atoms with Crippen LogP contribution >= 0.6 is 11.6 Å². The van der Waals surface area contributed by atoms with E-state index in [1.54, 1.807) is 37.3 Å². The van der Waals surface area contributed by atoms with Crippen molar-refractivity contribution in [3.05, 3.63) is 41.1 Å². The number of nitrogens with zero attached hydrogens (tertiary/aromatic N) is 1. The fourth-order valence-electron chi connectivity index (χ4n) is 1.49. The van der Waals surface area contributed by atoms with Crippen molar-refractivity contribution in [2.45, 2.75) is 13.3 Å². The maximum atomic E-state index is 11.9. The molecule has 7 heteroatoms. The summed E-state index contributed by atoms with van der Waals surface area (Å²) in [5.74, 6) is -0.904. The van der Waals surface area contributed by atoms with Gasteiger partial charge in [0.1, 0.15) is 11.6 Å². The zero-order valence-corrected chi connectivity index (χ0v) is 12.8. The molecule has 1 rings (SSSR count). The Balaban J connectivity index is 2.52. The van der Waals surface area contributed by atoms with Gasteiger partial charge in [0.05, 0.1) is 13.0 Å². The average molecular weight is 322 g/mol. The third-order valence-corrected chi connectivity index (χ3v) is 2.71. The number of benzene rings is 1. The minimum atomic E-state index is -0.562. The molecule has 0 atom stereocenters. The number of nitrogens with one attached hydrogen (secondary N) is 2. The number of halogens is 1. The molecule has 0 saturated heterocycles. The fraction of sp³-hybridized carbons (Fsp3) is 0.267. The van der Waals surface area contributed by atoms with Crippen molar-refractivity contribution in [2.75, 3.05) is 18.5 Å². The van der Waals surface area contributed by atoms with E-state index < -0.39 is 5.91 Å². The van der Waals surface area contributed by atoms with Crippen LogP contribution in [0.4, 0.5) is 5.69 Å². The standard InChI is InChI=1S/C15H16ClN3O3/c1-2-22-14(20)6-7-18-10-11(9-17)15(21)19-13-5-3-4-12(16)8-13/h3-5,8,10,18H,2,6-7H2,1H3,(H,19,21)/b11-10-. The molecule has 22 heavy (non-hydrogen) atoms. The van der Waals surface area contributed by atoms with Crippen LogP contribution in [0.2, 0.25) is 5.02 Å². The van der Waals surface area contributed by atoms with Crippen molar-refractivity contribution in [3.8, 4) is 6.07 Å². The first-order valence-corrected chi connectivity index (χ1v) is 7.00. The third-order valence-electron chi connectivity index (χ3n) is 2.47. The van der Waals surface area contributed by atoms with Crippen LogP contribution in [0.1, 0.15) is 13.3 Å². The van der Waals surface area contributed by atoms with E-state index in [2.05, 4.69) is 10.6 Å². The lowest BCUT2D eigenvalue weighted by atomic mass is 10.2. The SMILES string of the molecule is CCOC(=O)CCN/C=C(/C#N)C(=O)Nc1cccc(Cl)c1. The molecule has 0 aromatic heterocycles. The number of esters is 1. The molecule has 0 unspecified atom stereocenters. The van der Waals surface area contributed by atoms with Crippen molar-refractivity contribution >= 4 is 29.2 Å². The summed E-state index contributed by atoms with van der Waals surface area (Å²) in [5, 5.41) is 14.8. The van der Waals surface area contributed by atoms with Gasteiger partial charge in [0.25, 0.3) is 5.91 Å². The van der Waals surface area contributed by atoms with Gasteiger partial charge in [-0.2, -0.15) is 5.26 Å². The monoisotopic (exact) mass is 321 g/mol. The summed E-state index contributed by atoms with van der Waals surface area (Å²) >= 11 is 5.81. The highest BCUT2D eigenvalue weighted by Gasteiger charge is 2.09. The Bertz CT molecular complexity index is 608. The van der Waals surface area contributed by atoms with Crippen molar-refractivity contribution in [3.63, 3.8) is 0 Å². The van der Waals surface area contributed by atoms with Crippen molar-refractivity contribution in [1.29, 1.82) is 5.26 Å². The van der Waals surface area contributed by atoms with Crippen LogP contribution in [0.3, 0.4) is 0 Å². The summed E-state index contributed by atoms with van der Waals surface area (Å²) in [6.45, 7) is 2.31. The van der Waals surface area contributed by atoms with Crippen LogP contribution in [0.25, 0.3) is 0 Å². The molecule has 0 aliphatic rings. The number of carbonyl (C=O) groups excluding carboxylic acids is 2. The summed E-state index contributed by atoms with van der Waals surface area (Å²) in [6, 6.07) is 8.38. The van der Waals surface area contributed by atoms with Crippen molar-refractivity contribution < 1.29 is 14.3 Å². The van der Waals surface area contributed by atoms with E-state index in [4.69, 9.17) is 21.6 Å². The van der Waals surface area contributed by atoms with E-state index in [-0.39, 0.29) is 24.5 Å². The summed E-state index contributed by atoms with van der Waals surface area (Å²) in [4.78, 5) is 23.0. The van der Waals surface area contributed by atoms with Gasteiger partial charge in [-0.25, -0.2) is 0 Å². The second kappa shape index (κ2) is 9.42. The fourth-order valence-corrected chi connectivity index (χ4v) is 1.69. The van der Waals surface area contributed by atoms with E-state index in [0.29, 0.717) is 17.3 Å². The second-order valence-electron chi connectivity index (χ2n) is 4.14. The van der Waals surface area contributed by atoms with Gasteiger partial charge in [-0.05, 0) is 25.1 Å². The molecular weight excluding hydrogens is 306 g/mol. The van der Waals surface area contributed by atoms with Gasteiger partial charge < -0.3 is 15.4 Å². The Hall–Kier alpha value is -2.52. The largest absolute Gasteiger partial charge is 0.466 e. The quantitative estimate of drug-likeness (QED) is 0.348. The van der Waals surface area contributed by atoms with Crippen LogP contribution in [0.15, 0.2) is 36.0 Å². The topological polar surface area (TPSA) is 91.2 Å². The van der Waals surface area contributed by atoms with E-state index in [1.807, 2.05) is 0 Å². The van der Waals surface area contributed by atoms with Gasteiger partial charge in [-0.3, -0.25) is 9.59 Å². The van der Waals surface area contributed by atoms with Crippen LogP contribution in [0.5, 0.6) is 0 Å². The Morgan fingerprint density at radius 2 is 2.23 bits per heavy atom. The van der Waals surface area contributed by atoms with Gasteiger partial charge in [0.2, 0.25) is 0 Å². The predicted octanol–water partition coefficient (Wildman–Crippen LogP) is 2.23. The Kier molecular flexibility index (Phi) is 7.51. The Labute approximate surface area is 133 Å². The molecule has 1 aromatic carbocycles. The molecule has 0 saturated carbocycles. The first-order chi connectivity index (χ1) is 10.6. The average Bonchev–Trinajstić information content (AvgIpc) is 2.47. The number of hydrogen-bond acceptors (Lipinski definition) is 5. The molecule has 0 radical (unpaired) electrons. The highest BCUT2D eigenvalue weighted by Crippen LogP contribution is 2.15. The molecule has 1 amide bonds. The lowest BCUT2D eigenvalue weighted by Crippen LogP contribution is -2.19. The molecule has 0 aliphatic carbocycles. The number of nitriles is 1. The number of amides is 1. The highest BCUT2D eigenvalue weighted by molar-refractivity contribution is 6.31. The lowest BCUT2D eigenvalue weighted by molar-refractivity contribution is -0.142. The van der Waals surface area contributed by atoms with Crippen LogP contribution in [-0.2, 0) is 14.3 Å². The second-order valence-corrected chi connectivity index (χ2v) is 4.58. The molecule has 0 spiro atoms. The van der Waals surface area contributed by atoms with E-state index >= 15 is 0 Å². The normalized spacial score (nSPS) is 10.5. The summed E-state index contributed by atoms with van der Waals surface area (Å²) in [6.07, 6.45) is 1.41. The molecule has 1 aromatic rings. The predicted molar refractivity (Wildman–Crippen MR) is 83.0 cm³/mol. The van der Waals surface area contributed by atoms with Crippen molar-refractivity contribution in [2.24, 2.45) is 0 Å². The Morgan fingerprint density at radius 1 is 1.45 bits per heavy atom. The molecule has 0 bridgehead atoms. The molecule has 0 aliphatic heterocycles. The minimum Gasteiger partial charge on any atom is -0.466 e. The van der Waals surface area contributed by atoms with Gasteiger partial charge in [-0.15, -0.1) is 0 Å². The number of anilines is 1. The maximum Gasteiger partial charge on any atom is 0.307 e. The Morgan fingerprint density at radius 3 is 2.86 bits per heavy atom. The third kappa shape index (κ3) is 6.29. The first kappa shape index (κ1) is 17.5. The zero-order valence-electron chi connectivity index (χ0n) is 12.1. The van der Waals surface area contributed by atoms with Gasteiger partial charge in [-0.1, -0.05) is 17.7 Å². The maximum absolute atomic E-state index is 11.9. The molecule has 116 valence electrons. The number of rotatable bonds is 7. The molecule has 0 heterocycles. The van der Waals surface area contributed by atoms with Gasteiger partial charge in [0, 0.05) is 23.5 Å². The van der Waals surface area contributed by atoms with Crippen molar-refractivity contribution in [1.82, 2.24) is 5.32 Å². The molecular formula is C15H16ClN3O3. The van der Waals surface area contributed by atoms with E-state index in [0.717, 1.165) is 0 Å².